The van der Waals surface area contributed by atoms with Crippen LogP contribution in [-0.2, 0) is 6.42 Å². The van der Waals surface area contributed by atoms with E-state index in [1.54, 1.807) is 29.7 Å². The lowest BCUT2D eigenvalue weighted by molar-refractivity contribution is 0.0955. The molecule has 1 aromatic carbocycles. The van der Waals surface area contributed by atoms with Crippen LogP contribution in [0.1, 0.15) is 15.4 Å². The van der Waals surface area contributed by atoms with Crippen LogP contribution in [0.15, 0.2) is 34.2 Å². The SMILES string of the molecule is Nc1c(Br)cccc1C(=O)NCCc1nccs1. The lowest BCUT2D eigenvalue weighted by atomic mass is 10.1. The fourth-order valence-corrected chi connectivity index (χ4v) is 2.48. The molecular weight excluding hydrogens is 314 g/mol. The topological polar surface area (TPSA) is 68.0 Å². The number of thiazole rings is 1. The van der Waals surface area contributed by atoms with Gasteiger partial charge in [0.05, 0.1) is 16.3 Å². The lowest BCUT2D eigenvalue weighted by Gasteiger charge is -2.07. The first kappa shape index (κ1) is 13.0. The summed E-state index contributed by atoms with van der Waals surface area (Å²) < 4.78 is 0.732. The fraction of sp³-hybridized carbons (Fsp3) is 0.167. The number of hydrogen-bond acceptors (Lipinski definition) is 4. The van der Waals surface area contributed by atoms with Gasteiger partial charge in [0.2, 0.25) is 0 Å². The van der Waals surface area contributed by atoms with Crippen LogP contribution in [-0.4, -0.2) is 17.4 Å². The Morgan fingerprint density at radius 2 is 2.33 bits per heavy atom. The third kappa shape index (κ3) is 3.08. The maximum atomic E-state index is 11.9. The fourth-order valence-electron chi connectivity index (χ4n) is 1.49. The van der Waals surface area contributed by atoms with Crippen LogP contribution in [0.2, 0.25) is 0 Å². The molecule has 0 atom stereocenters. The van der Waals surface area contributed by atoms with Crippen molar-refractivity contribution in [3.63, 3.8) is 0 Å². The predicted octanol–water partition coefficient (Wildman–Crippen LogP) is 2.46. The molecule has 18 heavy (non-hydrogen) atoms. The van der Waals surface area contributed by atoms with Crippen molar-refractivity contribution in [1.29, 1.82) is 0 Å². The number of amides is 1. The van der Waals surface area contributed by atoms with Crippen LogP contribution < -0.4 is 11.1 Å². The van der Waals surface area contributed by atoms with Crippen LogP contribution in [0.25, 0.3) is 0 Å². The minimum atomic E-state index is -0.162. The van der Waals surface area contributed by atoms with Gasteiger partial charge in [-0.3, -0.25) is 4.79 Å². The maximum absolute atomic E-state index is 11.9. The van der Waals surface area contributed by atoms with E-state index >= 15 is 0 Å². The van der Waals surface area contributed by atoms with Crippen LogP contribution in [0.5, 0.6) is 0 Å². The molecule has 6 heteroatoms. The summed E-state index contributed by atoms with van der Waals surface area (Å²) in [6.07, 6.45) is 2.49. The molecule has 0 bridgehead atoms. The highest BCUT2D eigenvalue weighted by atomic mass is 79.9. The summed E-state index contributed by atoms with van der Waals surface area (Å²) in [6.45, 7) is 0.554. The summed E-state index contributed by atoms with van der Waals surface area (Å²) in [5, 5.41) is 5.76. The van der Waals surface area contributed by atoms with Crippen LogP contribution in [0.3, 0.4) is 0 Å². The minimum absolute atomic E-state index is 0.162. The maximum Gasteiger partial charge on any atom is 0.253 e. The summed E-state index contributed by atoms with van der Waals surface area (Å²) in [5.74, 6) is -0.162. The van der Waals surface area contributed by atoms with Crippen LogP contribution in [0, 0.1) is 0 Å². The normalized spacial score (nSPS) is 10.3. The Bertz CT molecular complexity index is 542. The van der Waals surface area contributed by atoms with Crippen molar-refractivity contribution < 1.29 is 4.79 Å². The van der Waals surface area contributed by atoms with Gasteiger partial charge in [0.15, 0.2) is 0 Å². The van der Waals surface area contributed by atoms with E-state index in [0.717, 1.165) is 15.9 Å². The van der Waals surface area contributed by atoms with E-state index in [1.807, 2.05) is 11.4 Å². The van der Waals surface area contributed by atoms with Crippen LogP contribution in [0.4, 0.5) is 5.69 Å². The lowest BCUT2D eigenvalue weighted by Crippen LogP contribution is -2.26. The van der Waals surface area contributed by atoms with Gasteiger partial charge < -0.3 is 11.1 Å². The Morgan fingerprint density at radius 1 is 1.50 bits per heavy atom. The third-order valence-corrected chi connectivity index (χ3v) is 3.94. The number of carbonyl (C=O) groups excluding carboxylic acids is 1. The number of nitrogens with two attached hydrogens (primary N) is 1. The van der Waals surface area contributed by atoms with Gasteiger partial charge in [-0.2, -0.15) is 0 Å². The van der Waals surface area contributed by atoms with E-state index in [-0.39, 0.29) is 5.91 Å². The van der Waals surface area contributed by atoms with Gasteiger partial charge in [-0.1, -0.05) is 6.07 Å². The molecule has 4 nitrogen and oxygen atoms in total. The van der Waals surface area contributed by atoms with Gasteiger partial charge in [0, 0.05) is 29.0 Å². The first-order valence-corrected chi connectivity index (χ1v) is 7.06. The summed E-state index contributed by atoms with van der Waals surface area (Å²) >= 11 is 4.88. The number of carbonyl (C=O) groups is 1. The van der Waals surface area contributed by atoms with Crippen LogP contribution >= 0.6 is 27.3 Å². The zero-order valence-corrected chi connectivity index (χ0v) is 11.9. The Hall–Kier alpha value is -1.40. The molecule has 3 N–H and O–H groups in total. The molecule has 1 aromatic heterocycles. The molecule has 0 aliphatic rings. The average Bonchev–Trinajstić information content (AvgIpc) is 2.85. The molecule has 0 spiro atoms. The summed E-state index contributed by atoms with van der Waals surface area (Å²) in [6, 6.07) is 5.30. The molecule has 0 fully saturated rings. The molecule has 94 valence electrons. The van der Waals surface area contributed by atoms with Gasteiger partial charge in [-0.05, 0) is 28.1 Å². The van der Waals surface area contributed by atoms with E-state index in [9.17, 15) is 4.79 Å². The van der Waals surface area contributed by atoms with E-state index in [1.165, 1.54) is 0 Å². The van der Waals surface area contributed by atoms with Crippen molar-refractivity contribution in [2.45, 2.75) is 6.42 Å². The number of benzene rings is 1. The first-order chi connectivity index (χ1) is 8.68. The van der Waals surface area contributed by atoms with E-state index < -0.39 is 0 Å². The van der Waals surface area contributed by atoms with Gasteiger partial charge in [-0.15, -0.1) is 11.3 Å². The molecule has 0 unspecified atom stereocenters. The molecule has 2 rings (SSSR count). The van der Waals surface area contributed by atoms with Crippen molar-refractivity contribution in [2.75, 3.05) is 12.3 Å². The molecule has 0 aliphatic heterocycles. The number of halogens is 1. The Labute approximate surface area is 117 Å². The van der Waals surface area contributed by atoms with Gasteiger partial charge in [0.25, 0.3) is 5.91 Å². The smallest absolute Gasteiger partial charge is 0.253 e. The summed E-state index contributed by atoms with van der Waals surface area (Å²) in [5.41, 5.74) is 6.78. The van der Waals surface area contributed by atoms with Crippen molar-refractivity contribution in [2.24, 2.45) is 0 Å². The molecule has 2 aromatic rings. The quantitative estimate of drug-likeness (QED) is 0.848. The minimum Gasteiger partial charge on any atom is -0.397 e. The van der Waals surface area contributed by atoms with Crippen molar-refractivity contribution >= 4 is 38.9 Å². The highest BCUT2D eigenvalue weighted by Gasteiger charge is 2.10. The summed E-state index contributed by atoms with van der Waals surface area (Å²) in [7, 11) is 0. The number of rotatable bonds is 4. The average molecular weight is 326 g/mol. The molecule has 1 amide bonds. The molecule has 1 heterocycles. The second kappa shape index (κ2) is 5.97. The first-order valence-electron chi connectivity index (χ1n) is 5.39. The Kier molecular flexibility index (Phi) is 4.33. The number of aromatic nitrogens is 1. The zero-order chi connectivity index (χ0) is 13.0. The summed E-state index contributed by atoms with van der Waals surface area (Å²) in [4.78, 5) is 16.1. The Morgan fingerprint density at radius 3 is 3.06 bits per heavy atom. The Balaban J connectivity index is 1.93. The number of para-hydroxylation sites is 1. The van der Waals surface area contributed by atoms with E-state index in [4.69, 9.17) is 5.73 Å². The third-order valence-electron chi connectivity index (χ3n) is 2.41. The number of anilines is 1. The number of nitrogens with one attached hydrogen (secondary N) is 1. The van der Waals surface area contributed by atoms with Crippen molar-refractivity contribution in [3.05, 3.63) is 44.8 Å². The molecule has 0 saturated heterocycles. The second-order valence-corrected chi connectivity index (χ2v) is 5.47. The number of nitrogen functional groups attached to an aromatic ring is 1. The number of nitrogens with zero attached hydrogens (tertiary/aromatic N) is 1. The zero-order valence-electron chi connectivity index (χ0n) is 9.52. The standard InChI is InChI=1S/C12H12BrN3OS/c13-9-3-1-2-8(11(9)14)12(17)16-5-4-10-15-6-7-18-10/h1-3,6-7H,4-5,14H2,(H,16,17). The molecular formula is C12H12BrN3OS. The van der Waals surface area contributed by atoms with Gasteiger partial charge in [0.1, 0.15) is 0 Å². The van der Waals surface area contributed by atoms with E-state index in [0.29, 0.717) is 17.8 Å². The molecule has 0 aliphatic carbocycles. The largest absolute Gasteiger partial charge is 0.397 e. The van der Waals surface area contributed by atoms with Gasteiger partial charge >= 0.3 is 0 Å². The van der Waals surface area contributed by atoms with Crippen molar-refractivity contribution in [1.82, 2.24) is 10.3 Å². The highest BCUT2D eigenvalue weighted by molar-refractivity contribution is 9.10. The molecule has 0 radical (unpaired) electrons. The predicted molar refractivity (Wildman–Crippen MR) is 76.7 cm³/mol. The second-order valence-electron chi connectivity index (χ2n) is 3.63. The monoisotopic (exact) mass is 325 g/mol. The molecule has 0 saturated carbocycles. The van der Waals surface area contributed by atoms with Crippen molar-refractivity contribution in [3.8, 4) is 0 Å². The van der Waals surface area contributed by atoms with E-state index in [2.05, 4.69) is 26.2 Å². The van der Waals surface area contributed by atoms with Gasteiger partial charge in [-0.25, -0.2) is 4.98 Å². The number of hydrogen-bond donors (Lipinski definition) is 2. The highest BCUT2D eigenvalue weighted by Crippen LogP contribution is 2.22.